The molecule has 0 fully saturated rings. The second-order valence-corrected chi connectivity index (χ2v) is 5.77. The number of ether oxygens (including phenoxy) is 1. The highest BCUT2D eigenvalue weighted by molar-refractivity contribution is 6.30. The van der Waals surface area contributed by atoms with Gasteiger partial charge in [-0.05, 0) is 42.5 Å². The third-order valence-corrected chi connectivity index (χ3v) is 4.13. The number of amides is 1. The molecule has 1 atom stereocenters. The van der Waals surface area contributed by atoms with E-state index >= 15 is 0 Å². The molecule has 0 aromatic heterocycles. The first-order chi connectivity index (χ1) is 10.9. The lowest BCUT2D eigenvalue weighted by molar-refractivity contribution is -0.133. The number of carbonyl (C=O) groups is 2. The van der Waals surface area contributed by atoms with Gasteiger partial charge in [0.15, 0.2) is 11.4 Å². The smallest absolute Gasteiger partial charge is 0.261 e. The molecule has 2 aromatic carbocycles. The molecule has 5 nitrogen and oxygen atoms in total. The highest BCUT2D eigenvalue weighted by atomic mass is 35.5. The van der Waals surface area contributed by atoms with Crippen LogP contribution in [0.3, 0.4) is 0 Å². The van der Waals surface area contributed by atoms with Gasteiger partial charge < -0.3 is 15.2 Å². The molecule has 1 aliphatic heterocycles. The topological polar surface area (TPSA) is 75.6 Å². The molecule has 1 heterocycles. The summed E-state index contributed by atoms with van der Waals surface area (Å²) in [5.74, 6) is -0.476. The van der Waals surface area contributed by atoms with Crippen molar-refractivity contribution in [3.63, 3.8) is 0 Å². The van der Waals surface area contributed by atoms with E-state index < -0.39 is 11.5 Å². The summed E-state index contributed by atoms with van der Waals surface area (Å²) in [5, 5.41) is 13.9. The van der Waals surface area contributed by atoms with Crippen molar-refractivity contribution in [2.75, 3.05) is 12.4 Å². The molecule has 0 spiro atoms. The molecule has 2 aromatic rings. The maximum absolute atomic E-state index is 12.4. The second kappa shape index (κ2) is 5.68. The molecular weight excluding hydrogens is 318 g/mol. The summed E-state index contributed by atoms with van der Waals surface area (Å²) in [5.41, 5.74) is -0.723. The lowest BCUT2D eigenvalue weighted by Crippen LogP contribution is -2.36. The number of hydrogen-bond acceptors (Lipinski definition) is 4. The van der Waals surface area contributed by atoms with Crippen molar-refractivity contribution in [2.45, 2.75) is 12.0 Å². The first-order valence-electron chi connectivity index (χ1n) is 6.95. The number of ketones is 1. The molecule has 1 aliphatic rings. The summed E-state index contributed by atoms with van der Waals surface area (Å²) in [4.78, 5) is 24.6. The number of methoxy groups -OCH3 is 1. The van der Waals surface area contributed by atoms with E-state index in [0.29, 0.717) is 27.6 Å². The van der Waals surface area contributed by atoms with E-state index in [9.17, 15) is 14.7 Å². The van der Waals surface area contributed by atoms with Crippen molar-refractivity contribution in [2.24, 2.45) is 0 Å². The maximum Gasteiger partial charge on any atom is 0.261 e. The fraction of sp³-hybridized carbons (Fsp3) is 0.176. The van der Waals surface area contributed by atoms with Gasteiger partial charge in [-0.1, -0.05) is 11.6 Å². The summed E-state index contributed by atoms with van der Waals surface area (Å²) in [7, 11) is 1.49. The maximum atomic E-state index is 12.4. The second-order valence-electron chi connectivity index (χ2n) is 5.33. The van der Waals surface area contributed by atoms with Crippen LogP contribution >= 0.6 is 11.6 Å². The number of nitrogens with one attached hydrogen (secondary N) is 1. The zero-order valence-corrected chi connectivity index (χ0v) is 13.1. The van der Waals surface area contributed by atoms with Crippen molar-refractivity contribution in [3.05, 3.63) is 58.6 Å². The Bertz CT molecular complexity index is 788. The number of rotatable bonds is 4. The molecule has 6 heteroatoms. The minimum atomic E-state index is -1.92. The Kier molecular flexibility index (Phi) is 3.83. The van der Waals surface area contributed by atoms with E-state index in [1.54, 1.807) is 42.5 Å². The fourth-order valence-electron chi connectivity index (χ4n) is 2.60. The van der Waals surface area contributed by atoms with Gasteiger partial charge in [-0.25, -0.2) is 0 Å². The number of hydrogen-bond donors (Lipinski definition) is 2. The van der Waals surface area contributed by atoms with Crippen LogP contribution in [0, 0.1) is 0 Å². The molecule has 23 heavy (non-hydrogen) atoms. The Morgan fingerprint density at radius 3 is 2.61 bits per heavy atom. The minimum absolute atomic E-state index is 0.337. The average Bonchev–Trinajstić information content (AvgIpc) is 2.78. The molecule has 1 amide bonds. The number of carbonyl (C=O) groups excluding carboxylic acids is 2. The quantitative estimate of drug-likeness (QED) is 0.845. The van der Waals surface area contributed by atoms with Gasteiger partial charge in [-0.2, -0.15) is 0 Å². The summed E-state index contributed by atoms with van der Waals surface area (Å²) < 4.78 is 5.12. The normalized spacial score (nSPS) is 19.2. The van der Waals surface area contributed by atoms with E-state index in [1.807, 2.05) is 0 Å². The highest BCUT2D eigenvalue weighted by Crippen LogP contribution is 2.40. The van der Waals surface area contributed by atoms with Crippen molar-refractivity contribution in [3.8, 4) is 5.75 Å². The number of halogens is 1. The van der Waals surface area contributed by atoms with Crippen molar-refractivity contribution >= 4 is 29.0 Å². The van der Waals surface area contributed by atoms with E-state index in [0.717, 1.165) is 0 Å². The molecule has 0 radical (unpaired) electrons. The Balaban J connectivity index is 1.94. The molecule has 0 saturated heterocycles. The third kappa shape index (κ3) is 2.69. The first-order valence-corrected chi connectivity index (χ1v) is 7.33. The van der Waals surface area contributed by atoms with Gasteiger partial charge in [-0.15, -0.1) is 0 Å². The molecule has 1 unspecified atom stereocenters. The van der Waals surface area contributed by atoms with Crippen LogP contribution in [0.25, 0.3) is 0 Å². The molecule has 0 aliphatic carbocycles. The van der Waals surface area contributed by atoms with Gasteiger partial charge in [0.25, 0.3) is 5.91 Å². The van der Waals surface area contributed by atoms with Crippen molar-refractivity contribution in [1.82, 2.24) is 0 Å². The number of Topliss-reactive ketones (excluding diaryl/α,β-unsaturated/α-hetero) is 1. The molecule has 118 valence electrons. The Morgan fingerprint density at radius 1 is 1.26 bits per heavy atom. The lowest BCUT2D eigenvalue weighted by atomic mass is 9.88. The summed E-state index contributed by atoms with van der Waals surface area (Å²) in [6.45, 7) is 0. The molecule has 0 bridgehead atoms. The lowest BCUT2D eigenvalue weighted by Gasteiger charge is -2.20. The van der Waals surface area contributed by atoms with Gasteiger partial charge in [0.2, 0.25) is 0 Å². The van der Waals surface area contributed by atoms with Gasteiger partial charge in [-0.3, -0.25) is 9.59 Å². The Labute approximate surface area is 137 Å². The molecule has 2 N–H and O–H groups in total. The monoisotopic (exact) mass is 331 g/mol. The average molecular weight is 332 g/mol. The van der Waals surface area contributed by atoms with Crippen LogP contribution < -0.4 is 10.1 Å². The number of aliphatic hydroxyl groups is 1. The molecular formula is C17H14ClNO4. The highest BCUT2D eigenvalue weighted by Gasteiger charge is 2.47. The van der Waals surface area contributed by atoms with E-state index in [4.69, 9.17) is 16.3 Å². The van der Waals surface area contributed by atoms with Crippen LogP contribution in [0.1, 0.15) is 22.3 Å². The van der Waals surface area contributed by atoms with Gasteiger partial charge >= 0.3 is 0 Å². The summed E-state index contributed by atoms with van der Waals surface area (Å²) in [6.07, 6.45) is -0.360. The van der Waals surface area contributed by atoms with Crippen LogP contribution in [0.4, 0.5) is 5.69 Å². The predicted octanol–water partition coefficient (Wildman–Crippen LogP) is 2.76. The predicted molar refractivity (Wildman–Crippen MR) is 85.9 cm³/mol. The first kappa shape index (κ1) is 15.5. The van der Waals surface area contributed by atoms with E-state index in [1.165, 1.54) is 7.11 Å². The minimum Gasteiger partial charge on any atom is -0.497 e. The summed E-state index contributed by atoms with van der Waals surface area (Å²) in [6, 6.07) is 11.2. The van der Waals surface area contributed by atoms with E-state index in [2.05, 4.69) is 5.32 Å². The van der Waals surface area contributed by atoms with Gasteiger partial charge in [0.1, 0.15) is 5.75 Å². The zero-order chi connectivity index (χ0) is 16.6. The Hall–Kier alpha value is -2.37. The van der Waals surface area contributed by atoms with Crippen LogP contribution in [0.5, 0.6) is 5.75 Å². The largest absolute Gasteiger partial charge is 0.497 e. The number of fused-ring (bicyclic) bond motifs is 1. The number of benzene rings is 2. The van der Waals surface area contributed by atoms with Crippen LogP contribution in [0.15, 0.2) is 42.5 Å². The SMILES string of the molecule is COc1ccc2c(c1)C(O)(CC(=O)c1ccc(Cl)cc1)C(=O)N2. The van der Waals surface area contributed by atoms with Crippen LogP contribution in [0.2, 0.25) is 5.02 Å². The standard InChI is InChI=1S/C17H14ClNO4/c1-23-12-6-7-14-13(8-12)17(22,16(21)19-14)9-15(20)10-2-4-11(18)5-3-10/h2-8,22H,9H2,1H3,(H,19,21). The third-order valence-electron chi connectivity index (χ3n) is 3.88. The summed E-state index contributed by atoms with van der Waals surface area (Å²) >= 11 is 5.80. The zero-order valence-electron chi connectivity index (χ0n) is 12.3. The van der Waals surface area contributed by atoms with Crippen molar-refractivity contribution < 1.29 is 19.4 Å². The van der Waals surface area contributed by atoms with Gasteiger partial charge in [0.05, 0.1) is 13.5 Å². The van der Waals surface area contributed by atoms with Crippen LogP contribution in [-0.2, 0) is 10.4 Å². The molecule has 3 rings (SSSR count). The van der Waals surface area contributed by atoms with Crippen molar-refractivity contribution in [1.29, 1.82) is 0 Å². The molecule has 0 saturated carbocycles. The fourth-order valence-corrected chi connectivity index (χ4v) is 2.72. The Morgan fingerprint density at radius 2 is 1.96 bits per heavy atom. The van der Waals surface area contributed by atoms with Crippen LogP contribution in [-0.4, -0.2) is 23.9 Å². The van der Waals surface area contributed by atoms with Gasteiger partial charge in [0, 0.05) is 21.8 Å². The van der Waals surface area contributed by atoms with E-state index in [-0.39, 0.29) is 12.2 Å². The number of anilines is 1.